The predicted octanol–water partition coefficient (Wildman–Crippen LogP) is 1.27. The van der Waals surface area contributed by atoms with Gasteiger partial charge in [0, 0.05) is 38.7 Å². The SMILES string of the molecule is COc1cc(C(=O)NC2CCCCN(C(=O)[C@H]3CCCN3C(C)=O)C2)sn1. The molecule has 0 radical (unpaired) electrons. The van der Waals surface area contributed by atoms with Gasteiger partial charge in [-0.15, -0.1) is 0 Å². The second-order valence-electron chi connectivity index (χ2n) is 7.05. The highest BCUT2D eigenvalue weighted by Crippen LogP contribution is 2.22. The molecule has 2 fully saturated rings. The number of nitrogens with zero attached hydrogens (tertiary/aromatic N) is 3. The number of likely N-dealkylation sites (tertiary alicyclic amines) is 2. The van der Waals surface area contributed by atoms with Gasteiger partial charge in [0.2, 0.25) is 17.7 Å². The highest BCUT2D eigenvalue weighted by atomic mass is 32.1. The summed E-state index contributed by atoms with van der Waals surface area (Å²) in [5, 5.41) is 3.02. The number of aromatic nitrogens is 1. The fourth-order valence-electron chi connectivity index (χ4n) is 3.79. The Morgan fingerprint density at radius 3 is 2.74 bits per heavy atom. The van der Waals surface area contributed by atoms with Crippen molar-refractivity contribution in [2.75, 3.05) is 26.7 Å². The standard InChI is InChI=1S/C18H26N4O4S/c1-12(23)22-9-5-7-14(22)18(25)21-8-4-3-6-13(11-21)19-17(24)15-10-16(26-2)20-27-15/h10,13-14H,3-9,11H2,1-2H3,(H,19,24)/t13?,14-/m1/s1. The van der Waals surface area contributed by atoms with Crippen LogP contribution in [0.1, 0.15) is 48.7 Å². The van der Waals surface area contributed by atoms with Gasteiger partial charge in [0.1, 0.15) is 10.9 Å². The van der Waals surface area contributed by atoms with Crippen molar-refractivity contribution in [2.24, 2.45) is 0 Å². The first-order valence-corrected chi connectivity index (χ1v) is 10.1. The smallest absolute Gasteiger partial charge is 0.263 e. The summed E-state index contributed by atoms with van der Waals surface area (Å²) >= 11 is 1.10. The second kappa shape index (κ2) is 8.69. The van der Waals surface area contributed by atoms with E-state index in [2.05, 4.69) is 9.69 Å². The summed E-state index contributed by atoms with van der Waals surface area (Å²) in [5.41, 5.74) is 0. The van der Waals surface area contributed by atoms with Crippen LogP contribution >= 0.6 is 11.5 Å². The number of rotatable bonds is 4. The van der Waals surface area contributed by atoms with Crippen molar-refractivity contribution < 1.29 is 19.1 Å². The van der Waals surface area contributed by atoms with Gasteiger partial charge in [-0.2, -0.15) is 4.37 Å². The average Bonchev–Trinajstić information content (AvgIpc) is 3.27. The number of carbonyl (C=O) groups is 3. The zero-order chi connectivity index (χ0) is 19.4. The number of methoxy groups -OCH3 is 1. The van der Waals surface area contributed by atoms with Gasteiger partial charge < -0.3 is 19.9 Å². The third-order valence-corrected chi connectivity index (χ3v) is 5.95. The first kappa shape index (κ1) is 19.6. The molecule has 1 aromatic heterocycles. The molecule has 2 aliphatic heterocycles. The number of carbonyl (C=O) groups excluding carboxylic acids is 3. The molecule has 2 aliphatic rings. The molecule has 0 aromatic carbocycles. The molecule has 148 valence electrons. The number of amides is 3. The molecule has 0 bridgehead atoms. The van der Waals surface area contributed by atoms with E-state index in [1.807, 2.05) is 4.90 Å². The third-order valence-electron chi connectivity index (χ3n) is 5.18. The van der Waals surface area contributed by atoms with E-state index in [-0.39, 0.29) is 29.8 Å². The van der Waals surface area contributed by atoms with Crippen LogP contribution in [0.3, 0.4) is 0 Å². The summed E-state index contributed by atoms with van der Waals surface area (Å²) in [4.78, 5) is 41.3. The molecule has 9 heteroatoms. The van der Waals surface area contributed by atoms with Gasteiger partial charge in [-0.3, -0.25) is 14.4 Å². The van der Waals surface area contributed by atoms with Crippen molar-refractivity contribution in [3.8, 4) is 5.88 Å². The zero-order valence-electron chi connectivity index (χ0n) is 15.8. The zero-order valence-corrected chi connectivity index (χ0v) is 16.6. The minimum Gasteiger partial charge on any atom is -0.480 e. The van der Waals surface area contributed by atoms with E-state index >= 15 is 0 Å². The van der Waals surface area contributed by atoms with Crippen LogP contribution in [0.25, 0.3) is 0 Å². The Morgan fingerprint density at radius 1 is 1.22 bits per heavy atom. The van der Waals surface area contributed by atoms with Crippen LogP contribution in [-0.2, 0) is 9.59 Å². The van der Waals surface area contributed by atoms with Gasteiger partial charge in [-0.25, -0.2) is 0 Å². The predicted molar refractivity (Wildman–Crippen MR) is 101 cm³/mol. The van der Waals surface area contributed by atoms with Gasteiger partial charge in [0.15, 0.2) is 0 Å². The monoisotopic (exact) mass is 394 g/mol. The van der Waals surface area contributed by atoms with Crippen LogP contribution < -0.4 is 10.1 Å². The lowest BCUT2D eigenvalue weighted by atomic mass is 10.1. The fraction of sp³-hybridized carbons (Fsp3) is 0.667. The third kappa shape index (κ3) is 4.58. The Labute approximate surface area is 163 Å². The molecule has 1 unspecified atom stereocenters. The van der Waals surface area contributed by atoms with Crippen molar-refractivity contribution in [1.29, 1.82) is 0 Å². The van der Waals surface area contributed by atoms with Gasteiger partial charge in [-0.05, 0) is 43.6 Å². The van der Waals surface area contributed by atoms with E-state index in [0.29, 0.717) is 36.8 Å². The van der Waals surface area contributed by atoms with Crippen molar-refractivity contribution in [3.05, 3.63) is 10.9 Å². The summed E-state index contributed by atoms with van der Waals surface area (Å²) in [6, 6.07) is 1.15. The van der Waals surface area contributed by atoms with Crippen molar-refractivity contribution in [3.63, 3.8) is 0 Å². The summed E-state index contributed by atoms with van der Waals surface area (Å²) in [5.74, 6) is 0.183. The first-order chi connectivity index (χ1) is 13.0. The largest absolute Gasteiger partial charge is 0.480 e. The Bertz CT molecular complexity index is 707. The molecule has 8 nitrogen and oxygen atoms in total. The van der Waals surface area contributed by atoms with Gasteiger partial charge in [0.05, 0.1) is 7.11 Å². The topological polar surface area (TPSA) is 91.8 Å². The highest BCUT2D eigenvalue weighted by molar-refractivity contribution is 7.08. The summed E-state index contributed by atoms with van der Waals surface area (Å²) in [6.45, 7) is 3.30. The lowest BCUT2D eigenvalue weighted by molar-refractivity contribution is -0.142. The Balaban J connectivity index is 1.63. The van der Waals surface area contributed by atoms with Crippen molar-refractivity contribution in [2.45, 2.75) is 51.1 Å². The molecule has 1 aromatic rings. The molecule has 3 rings (SSSR count). The normalized spacial score (nSPS) is 23.0. The fourth-order valence-corrected chi connectivity index (χ4v) is 4.40. The maximum atomic E-state index is 13.0. The van der Waals surface area contributed by atoms with E-state index in [4.69, 9.17) is 4.74 Å². The minimum absolute atomic E-state index is 0.00306. The summed E-state index contributed by atoms with van der Waals surface area (Å²) < 4.78 is 9.07. The Hall–Kier alpha value is -2.16. The highest BCUT2D eigenvalue weighted by Gasteiger charge is 2.36. The molecule has 0 saturated carbocycles. The lowest BCUT2D eigenvalue weighted by Crippen LogP contribution is -2.51. The maximum Gasteiger partial charge on any atom is 0.263 e. The van der Waals surface area contributed by atoms with Gasteiger partial charge in [-0.1, -0.05) is 0 Å². The average molecular weight is 394 g/mol. The van der Waals surface area contributed by atoms with Crippen LogP contribution in [-0.4, -0.2) is 70.7 Å². The lowest BCUT2D eigenvalue weighted by Gasteiger charge is -2.31. The van der Waals surface area contributed by atoms with E-state index in [9.17, 15) is 14.4 Å². The number of hydrogen-bond acceptors (Lipinski definition) is 6. The van der Waals surface area contributed by atoms with Crippen LogP contribution in [0.5, 0.6) is 5.88 Å². The van der Waals surface area contributed by atoms with E-state index in [1.165, 1.54) is 14.0 Å². The summed E-state index contributed by atoms with van der Waals surface area (Å²) in [6.07, 6.45) is 4.25. The Morgan fingerprint density at radius 2 is 2.04 bits per heavy atom. The molecule has 1 N–H and O–H groups in total. The second-order valence-corrected chi connectivity index (χ2v) is 7.86. The molecular formula is C18H26N4O4S. The van der Waals surface area contributed by atoms with Crippen LogP contribution in [0.4, 0.5) is 0 Å². The maximum absolute atomic E-state index is 13.0. The molecule has 2 atom stereocenters. The Kier molecular flexibility index (Phi) is 6.30. The van der Waals surface area contributed by atoms with Crippen LogP contribution in [0, 0.1) is 0 Å². The van der Waals surface area contributed by atoms with Gasteiger partial charge in [0.25, 0.3) is 5.91 Å². The van der Waals surface area contributed by atoms with Crippen LogP contribution in [0.15, 0.2) is 6.07 Å². The molecule has 3 amide bonds. The quantitative estimate of drug-likeness (QED) is 0.830. The van der Waals surface area contributed by atoms with Gasteiger partial charge >= 0.3 is 0 Å². The minimum atomic E-state index is -0.359. The molecule has 27 heavy (non-hydrogen) atoms. The molecular weight excluding hydrogens is 368 g/mol. The molecule has 3 heterocycles. The number of hydrogen-bond donors (Lipinski definition) is 1. The van der Waals surface area contributed by atoms with Crippen molar-refractivity contribution >= 4 is 29.3 Å². The molecule has 0 aliphatic carbocycles. The van der Waals surface area contributed by atoms with E-state index in [1.54, 1.807) is 11.0 Å². The first-order valence-electron chi connectivity index (χ1n) is 9.37. The van der Waals surface area contributed by atoms with E-state index in [0.717, 1.165) is 37.2 Å². The van der Waals surface area contributed by atoms with Crippen molar-refractivity contribution in [1.82, 2.24) is 19.5 Å². The van der Waals surface area contributed by atoms with E-state index < -0.39 is 0 Å². The molecule has 0 spiro atoms. The van der Waals surface area contributed by atoms with Crippen LogP contribution in [0.2, 0.25) is 0 Å². The molecule has 2 saturated heterocycles. The number of nitrogens with one attached hydrogen (secondary N) is 1. The summed E-state index contributed by atoms with van der Waals surface area (Å²) in [7, 11) is 1.51. The number of ether oxygens (including phenoxy) is 1.